The summed E-state index contributed by atoms with van der Waals surface area (Å²) in [7, 11) is -3.58. The second kappa shape index (κ2) is 6.17. The number of benzene rings is 1. The Labute approximate surface area is 124 Å². The molecule has 7 heteroatoms. The number of hydrogen-bond acceptors (Lipinski definition) is 4. The van der Waals surface area contributed by atoms with Crippen molar-refractivity contribution in [3.8, 4) is 0 Å². The van der Waals surface area contributed by atoms with E-state index in [0.717, 1.165) is 19.3 Å². The van der Waals surface area contributed by atoms with Crippen molar-refractivity contribution in [3.63, 3.8) is 0 Å². The molecule has 110 valence electrons. The van der Waals surface area contributed by atoms with Gasteiger partial charge >= 0.3 is 0 Å². The Hall–Kier alpha value is -1.02. The Morgan fingerprint density at radius 1 is 1.35 bits per heavy atom. The van der Waals surface area contributed by atoms with E-state index in [-0.39, 0.29) is 29.1 Å². The molecule has 0 heterocycles. The van der Waals surface area contributed by atoms with Crippen LogP contribution in [0.1, 0.15) is 24.8 Å². The van der Waals surface area contributed by atoms with Crippen molar-refractivity contribution >= 4 is 27.2 Å². The highest BCUT2D eigenvalue weighted by atomic mass is 32.2. The van der Waals surface area contributed by atoms with Gasteiger partial charge in [-0.15, -0.1) is 0 Å². The van der Waals surface area contributed by atoms with Gasteiger partial charge in [-0.25, -0.2) is 8.42 Å². The van der Waals surface area contributed by atoms with Crippen molar-refractivity contribution in [3.05, 3.63) is 29.8 Å². The first-order chi connectivity index (χ1) is 9.46. The third kappa shape index (κ3) is 3.01. The number of sulfonamides is 1. The molecule has 20 heavy (non-hydrogen) atoms. The maximum atomic E-state index is 12.6. The first-order valence-corrected chi connectivity index (χ1v) is 8.34. The third-order valence-electron chi connectivity index (χ3n) is 3.55. The molecular formula is C13H18N2O3S2. The van der Waals surface area contributed by atoms with Gasteiger partial charge in [0, 0.05) is 18.2 Å². The lowest BCUT2D eigenvalue weighted by Crippen LogP contribution is -2.45. The number of thiocarbonyl (C=S) groups is 1. The highest BCUT2D eigenvalue weighted by molar-refractivity contribution is 7.89. The highest BCUT2D eigenvalue weighted by Crippen LogP contribution is 2.29. The molecule has 0 atom stereocenters. The first kappa shape index (κ1) is 15.4. The van der Waals surface area contributed by atoms with E-state index in [4.69, 9.17) is 23.1 Å². The van der Waals surface area contributed by atoms with Crippen LogP contribution in [0.4, 0.5) is 0 Å². The smallest absolute Gasteiger partial charge is 0.243 e. The molecule has 1 aliphatic rings. The minimum Gasteiger partial charge on any atom is -0.395 e. The molecule has 1 aromatic rings. The van der Waals surface area contributed by atoms with E-state index in [1.54, 1.807) is 12.1 Å². The molecule has 0 aliphatic heterocycles. The number of nitrogens with two attached hydrogens (primary N) is 1. The van der Waals surface area contributed by atoms with Crippen LogP contribution in [0.3, 0.4) is 0 Å². The predicted molar refractivity (Wildman–Crippen MR) is 80.9 cm³/mol. The maximum absolute atomic E-state index is 12.6. The summed E-state index contributed by atoms with van der Waals surface area (Å²) >= 11 is 4.85. The van der Waals surface area contributed by atoms with E-state index >= 15 is 0 Å². The number of aliphatic hydroxyl groups excluding tert-OH is 1. The zero-order chi connectivity index (χ0) is 14.8. The molecule has 0 spiro atoms. The molecule has 0 unspecified atom stereocenters. The van der Waals surface area contributed by atoms with Crippen LogP contribution >= 0.6 is 12.2 Å². The average molecular weight is 314 g/mol. The molecule has 0 radical (unpaired) electrons. The zero-order valence-corrected chi connectivity index (χ0v) is 12.7. The van der Waals surface area contributed by atoms with Crippen LogP contribution in [0, 0.1) is 0 Å². The Kier molecular flexibility index (Phi) is 4.74. The van der Waals surface area contributed by atoms with Crippen LogP contribution in [0.2, 0.25) is 0 Å². The number of rotatable bonds is 6. The van der Waals surface area contributed by atoms with Gasteiger partial charge in [-0.05, 0) is 25.0 Å². The van der Waals surface area contributed by atoms with Crippen molar-refractivity contribution in [2.45, 2.75) is 30.2 Å². The molecule has 2 rings (SSSR count). The molecule has 1 aliphatic carbocycles. The Morgan fingerprint density at radius 2 is 1.95 bits per heavy atom. The monoisotopic (exact) mass is 314 g/mol. The van der Waals surface area contributed by atoms with E-state index in [1.165, 1.54) is 16.4 Å². The number of nitrogens with zero attached hydrogens (tertiary/aromatic N) is 1. The normalized spacial score (nSPS) is 16.1. The summed E-state index contributed by atoms with van der Waals surface area (Å²) in [6.45, 7) is -0.0508. The van der Waals surface area contributed by atoms with E-state index < -0.39 is 10.0 Å². The molecular weight excluding hydrogens is 296 g/mol. The van der Waals surface area contributed by atoms with Gasteiger partial charge in [0.25, 0.3) is 0 Å². The minimum absolute atomic E-state index is 0.00223. The van der Waals surface area contributed by atoms with Gasteiger partial charge < -0.3 is 10.8 Å². The van der Waals surface area contributed by atoms with E-state index in [9.17, 15) is 8.42 Å². The van der Waals surface area contributed by atoms with Crippen molar-refractivity contribution in [1.29, 1.82) is 0 Å². The second-order valence-corrected chi connectivity index (χ2v) is 7.14. The topological polar surface area (TPSA) is 83.6 Å². The SMILES string of the molecule is NC(=S)c1ccc(S(=O)(=O)N(CCO)C2CCC2)cc1. The van der Waals surface area contributed by atoms with Gasteiger partial charge in [-0.3, -0.25) is 0 Å². The van der Waals surface area contributed by atoms with Crippen molar-refractivity contribution in [2.75, 3.05) is 13.2 Å². The largest absolute Gasteiger partial charge is 0.395 e. The van der Waals surface area contributed by atoms with Crippen molar-refractivity contribution < 1.29 is 13.5 Å². The summed E-state index contributed by atoms with van der Waals surface area (Å²) in [5.74, 6) is 0. The summed E-state index contributed by atoms with van der Waals surface area (Å²) in [6.07, 6.45) is 2.73. The van der Waals surface area contributed by atoms with Crippen LogP contribution in [-0.4, -0.2) is 42.0 Å². The van der Waals surface area contributed by atoms with Crippen LogP contribution in [-0.2, 0) is 10.0 Å². The van der Waals surface area contributed by atoms with E-state index in [0.29, 0.717) is 5.56 Å². The summed E-state index contributed by atoms with van der Waals surface area (Å²) < 4.78 is 26.6. The zero-order valence-electron chi connectivity index (χ0n) is 11.0. The Balaban J connectivity index is 2.29. The van der Waals surface area contributed by atoms with Gasteiger partial charge in [0.05, 0.1) is 11.5 Å². The molecule has 0 aromatic heterocycles. The van der Waals surface area contributed by atoms with Crippen LogP contribution in [0.15, 0.2) is 29.2 Å². The predicted octanol–water partition coefficient (Wildman–Crippen LogP) is 0.856. The summed E-state index contributed by atoms with van der Waals surface area (Å²) in [5, 5.41) is 9.09. The van der Waals surface area contributed by atoms with Crippen LogP contribution in [0.5, 0.6) is 0 Å². The lowest BCUT2D eigenvalue weighted by atomic mass is 9.93. The quantitative estimate of drug-likeness (QED) is 0.761. The lowest BCUT2D eigenvalue weighted by Gasteiger charge is -2.36. The fourth-order valence-electron chi connectivity index (χ4n) is 2.20. The third-order valence-corrected chi connectivity index (χ3v) is 5.75. The van der Waals surface area contributed by atoms with Crippen LogP contribution in [0.25, 0.3) is 0 Å². The highest BCUT2D eigenvalue weighted by Gasteiger charge is 2.34. The van der Waals surface area contributed by atoms with Crippen molar-refractivity contribution in [1.82, 2.24) is 4.31 Å². The molecule has 1 saturated carbocycles. The van der Waals surface area contributed by atoms with E-state index in [1.807, 2.05) is 0 Å². The molecule has 1 aromatic carbocycles. The van der Waals surface area contributed by atoms with E-state index in [2.05, 4.69) is 0 Å². The molecule has 3 N–H and O–H groups in total. The molecule has 1 fully saturated rings. The Bertz CT molecular complexity index is 580. The van der Waals surface area contributed by atoms with Gasteiger partial charge in [-0.1, -0.05) is 30.8 Å². The molecule has 0 amide bonds. The summed E-state index contributed by atoms with van der Waals surface area (Å²) in [4.78, 5) is 0.443. The summed E-state index contributed by atoms with van der Waals surface area (Å²) in [5.41, 5.74) is 6.13. The van der Waals surface area contributed by atoms with Gasteiger partial charge in [0.2, 0.25) is 10.0 Å². The summed E-state index contributed by atoms with van der Waals surface area (Å²) in [6, 6.07) is 6.22. The van der Waals surface area contributed by atoms with Crippen molar-refractivity contribution in [2.24, 2.45) is 5.73 Å². The lowest BCUT2D eigenvalue weighted by molar-refractivity contribution is 0.178. The second-order valence-electron chi connectivity index (χ2n) is 4.81. The average Bonchev–Trinajstić information content (AvgIpc) is 2.36. The minimum atomic E-state index is -3.58. The molecule has 0 saturated heterocycles. The fourth-order valence-corrected chi connectivity index (χ4v) is 4.01. The first-order valence-electron chi connectivity index (χ1n) is 6.49. The fraction of sp³-hybridized carbons (Fsp3) is 0.462. The maximum Gasteiger partial charge on any atom is 0.243 e. The standard InChI is InChI=1S/C13H18N2O3S2/c14-13(19)10-4-6-12(7-5-10)20(17,18)15(8-9-16)11-2-1-3-11/h4-7,11,16H,1-3,8-9H2,(H2,14,19). The van der Waals surface area contributed by atoms with Gasteiger partial charge in [0.1, 0.15) is 4.99 Å². The van der Waals surface area contributed by atoms with Gasteiger partial charge in [-0.2, -0.15) is 4.31 Å². The number of hydrogen-bond donors (Lipinski definition) is 2. The Morgan fingerprint density at radius 3 is 2.35 bits per heavy atom. The van der Waals surface area contributed by atoms with Crippen LogP contribution < -0.4 is 5.73 Å². The molecule has 5 nitrogen and oxygen atoms in total. The number of aliphatic hydroxyl groups is 1. The van der Waals surface area contributed by atoms with Gasteiger partial charge in [0.15, 0.2) is 0 Å². The molecule has 0 bridgehead atoms.